The predicted octanol–water partition coefficient (Wildman–Crippen LogP) is 5.28. The van der Waals surface area contributed by atoms with Crippen molar-refractivity contribution in [2.75, 3.05) is 34.9 Å². The smallest absolute Gasteiger partial charge is 0.307 e. The Bertz CT molecular complexity index is 1300. The molecule has 1 heterocycles. The minimum atomic E-state index is -1.02. The molecular weight excluding hydrogens is 662 g/mol. The van der Waals surface area contributed by atoms with Crippen LogP contribution in [0.1, 0.15) is 92.6 Å². The number of benzene rings is 1. The van der Waals surface area contributed by atoms with E-state index in [0.29, 0.717) is 13.0 Å². The summed E-state index contributed by atoms with van der Waals surface area (Å²) in [6, 6.07) is 8.13. The van der Waals surface area contributed by atoms with Crippen LogP contribution in [0.4, 0.5) is 0 Å². The van der Waals surface area contributed by atoms with Gasteiger partial charge in [0.2, 0.25) is 11.8 Å². The fraction of sp³-hybridized carbons (Fsp3) is 0.732. The van der Waals surface area contributed by atoms with Gasteiger partial charge in [-0.15, -0.1) is 0 Å². The van der Waals surface area contributed by atoms with E-state index in [9.17, 15) is 29.1 Å². The van der Waals surface area contributed by atoms with Gasteiger partial charge < -0.3 is 29.7 Å². The van der Waals surface area contributed by atoms with Crippen molar-refractivity contribution in [3.63, 3.8) is 0 Å². The number of Topliss-reactive ketones (excluding diaryl/α,β-unsaturated/α-hetero) is 2. The average molecular weight is 730 g/mol. The lowest BCUT2D eigenvalue weighted by atomic mass is 9.84. The Kier molecular flexibility index (Phi) is 18.6. The van der Waals surface area contributed by atoms with Gasteiger partial charge in [-0.05, 0) is 49.6 Å². The van der Waals surface area contributed by atoms with Gasteiger partial charge >= 0.3 is 5.97 Å². The Labute approximate surface area is 312 Å². The number of carbonyl (C=O) groups excluding carboxylic acids is 4. The lowest BCUT2D eigenvalue weighted by Crippen LogP contribution is -2.54. The number of methoxy groups -OCH3 is 2. The highest BCUT2D eigenvalue weighted by Crippen LogP contribution is 2.31. The maximum atomic E-state index is 14.2. The van der Waals surface area contributed by atoms with Crippen molar-refractivity contribution in [3.8, 4) is 0 Å². The highest BCUT2D eigenvalue weighted by molar-refractivity contribution is 5.90. The second kappa shape index (κ2) is 21.5. The molecule has 0 aliphatic carbocycles. The molecule has 0 bridgehead atoms. The molecule has 0 spiro atoms. The second-order valence-electron chi connectivity index (χ2n) is 15.5. The molecule has 0 radical (unpaired) electrons. The van der Waals surface area contributed by atoms with Gasteiger partial charge in [-0.1, -0.05) is 85.2 Å². The molecule has 1 aliphatic rings. The molecule has 2 N–H and O–H groups in total. The van der Waals surface area contributed by atoms with Crippen LogP contribution in [0.15, 0.2) is 30.3 Å². The van der Waals surface area contributed by atoms with E-state index in [4.69, 9.17) is 9.47 Å². The van der Waals surface area contributed by atoms with Crippen molar-refractivity contribution in [1.82, 2.24) is 15.1 Å². The summed E-state index contributed by atoms with van der Waals surface area (Å²) in [5, 5.41) is 13.0. The molecule has 2 amide bonds. The lowest BCUT2D eigenvalue weighted by molar-refractivity contribution is -0.149. The number of rotatable bonds is 23. The number of nitrogens with zero attached hydrogens (tertiary/aromatic N) is 2. The summed E-state index contributed by atoms with van der Waals surface area (Å²) < 4.78 is 11.9. The zero-order valence-corrected chi connectivity index (χ0v) is 33.6. The summed E-state index contributed by atoms with van der Waals surface area (Å²) in [5.74, 6) is -3.54. The third-order valence-electron chi connectivity index (χ3n) is 11.3. The van der Waals surface area contributed by atoms with Crippen LogP contribution < -0.4 is 5.32 Å². The molecule has 2 rings (SSSR count). The molecule has 0 saturated carbocycles. The molecule has 1 fully saturated rings. The van der Waals surface area contributed by atoms with Gasteiger partial charge in [0.15, 0.2) is 5.78 Å². The van der Waals surface area contributed by atoms with Crippen LogP contribution in [0.3, 0.4) is 0 Å². The predicted molar refractivity (Wildman–Crippen MR) is 203 cm³/mol. The van der Waals surface area contributed by atoms with Crippen LogP contribution in [-0.4, -0.2) is 109 Å². The largest absolute Gasteiger partial charge is 0.481 e. The Balaban J connectivity index is 2.26. The maximum absolute atomic E-state index is 14.2. The first kappa shape index (κ1) is 45.0. The number of hydrogen-bond acceptors (Lipinski definition) is 8. The summed E-state index contributed by atoms with van der Waals surface area (Å²) in [6.07, 6.45) is 1.16. The maximum Gasteiger partial charge on any atom is 0.307 e. The summed E-state index contributed by atoms with van der Waals surface area (Å²) in [5.41, 5.74) is 0.851. The zero-order valence-electron chi connectivity index (χ0n) is 33.6. The van der Waals surface area contributed by atoms with Gasteiger partial charge in [-0.25, -0.2) is 0 Å². The summed E-state index contributed by atoms with van der Waals surface area (Å²) >= 11 is 0. The van der Waals surface area contributed by atoms with E-state index in [2.05, 4.69) is 5.32 Å². The number of hydrogen-bond donors (Lipinski definition) is 2. The van der Waals surface area contributed by atoms with Crippen molar-refractivity contribution < 1.29 is 38.6 Å². The molecule has 1 aromatic carbocycles. The third kappa shape index (κ3) is 11.9. The molecule has 294 valence electrons. The highest BCUT2D eigenvalue weighted by Gasteiger charge is 2.43. The van der Waals surface area contributed by atoms with Gasteiger partial charge in [0.05, 0.1) is 42.7 Å². The van der Waals surface area contributed by atoms with E-state index in [1.54, 1.807) is 37.9 Å². The molecule has 9 atom stereocenters. The van der Waals surface area contributed by atoms with Crippen LogP contribution in [0.25, 0.3) is 0 Å². The first-order valence-electron chi connectivity index (χ1n) is 19.1. The Morgan fingerprint density at radius 1 is 0.923 bits per heavy atom. The van der Waals surface area contributed by atoms with Crippen LogP contribution in [0.2, 0.25) is 0 Å². The monoisotopic (exact) mass is 729 g/mol. The molecule has 1 aliphatic heterocycles. The van der Waals surface area contributed by atoms with Crippen LogP contribution >= 0.6 is 0 Å². The van der Waals surface area contributed by atoms with Crippen molar-refractivity contribution in [1.29, 1.82) is 0 Å². The van der Waals surface area contributed by atoms with E-state index in [1.165, 1.54) is 7.11 Å². The summed E-state index contributed by atoms with van der Waals surface area (Å²) in [4.78, 5) is 70.8. The Hall–Kier alpha value is -3.15. The Morgan fingerprint density at radius 2 is 1.56 bits per heavy atom. The molecule has 1 aromatic rings. The van der Waals surface area contributed by atoms with Crippen LogP contribution in [0, 0.1) is 35.5 Å². The molecular formula is C41H67N3O8. The molecule has 11 nitrogen and oxygen atoms in total. The Morgan fingerprint density at radius 3 is 2.06 bits per heavy atom. The minimum absolute atomic E-state index is 0.00617. The molecule has 1 saturated heterocycles. The number of likely N-dealkylation sites (tertiary alicyclic amines) is 1. The average Bonchev–Trinajstić information content (AvgIpc) is 3.59. The molecule has 52 heavy (non-hydrogen) atoms. The highest BCUT2D eigenvalue weighted by atomic mass is 16.5. The summed E-state index contributed by atoms with van der Waals surface area (Å²) in [6.45, 7) is 14.2. The van der Waals surface area contributed by atoms with E-state index in [1.807, 2.05) is 71.9 Å². The number of likely N-dealkylation sites (N-methyl/N-ethyl adjacent to an activating group) is 2. The fourth-order valence-electron chi connectivity index (χ4n) is 7.99. The number of ether oxygens (including phenoxy) is 2. The number of carboxylic acid groups (broad SMARTS) is 1. The van der Waals surface area contributed by atoms with Gasteiger partial charge in [0.25, 0.3) is 0 Å². The fourth-order valence-corrected chi connectivity index (χ4v) is 7.99. The van der Waals surface area contributed by atoms with Gasteiger partial charge in [0, 0.05) is 52.5 Å². The van der Waals surface area contributed by atoms with Gasteiger partial charge in [-0.2, -0.15) is 0 Å². The van der Waals surface area contributed by atoms with Crippen molar-refractivity contribution in [2.45, 2.75) is 124 Å². The van der Waals surface area contributed by atoms with Crippen LogP contribution in [-0.2, 0) is 39.9 Å². The number of amides is 2. The minimum Gasteiger partial charge on any atom is -0.481 e. The quantitative estimate of drug-likeness (QED) is 0.154. The second-order valence-corrected chi connectivity index (χ2v) is 15.5. The van der Waals surface area contributed by atoms with Crippen LogP contribution in [0.5, 0.6) is 0 Å². The number of nitrogens with one attached hydrogen (secondary N) is 1. The number of ketones is 2. The molecule has 0 aromatic heterocycles. The van der Waals surface area contributed by atoms with E-state index in [-0.39, 0.29) is 78.9 Å². The van der Waals surface area contributed by atoms with Gasteiger partial charge in [-0.3, -0.25) is 24.0 Å². The molecule has 11 heteroatoms. The first-order chi connectivity index (χ1) is 24.5. The first-order valence-corrected chi connectivity index (χ1v) is 19.1. The number of aliphatic carboxylic acids is 1. The van der Waals surface area contributed by atoms with Gasteiger partial charge in [0.1, 0.15) is 5.78 Å². The topological polar surface area (TPSA) is 143 Å². The third-order valence-corrected chi connectivity index (χ3v) is 11.3. The SMILES string of the molecule is CC[C@H](C)C([C@@H](CC(=O)N1CCC[C@H]1[C@H](OC)[C@@H](C)C(=O)CC(Cc1ccccc1)C(=O)O)OC)N(C)C(=O)[C@@H](CC(=O)[C@@H](NC)C(C)C)C(C)C. The zero-order chi connectivity index (χ0) is 39.3. The number of carbonyl (C=O) groups is 5. The number of carboxylic acids is 1. The van der Waals surface area contributed by atoms with E-state index < -0.39 is 42.0 Å². The van der Waals surface area contributed by atoms with Crippen molar-refractivity contribution >= 4 is 29.4 Å². The van der Waals surface area contributed by atoms with Crippen molar-refractivity contribution in [3.05, 3.63) is 35.9 Å². The van der Waals surface area contributed by atoms with E-state index in [0.717, 1.165) is 18.4 Å². The lowest BCUT2D eigenvalue weighted by Gasteiger charge is -2.41. The standard InChI is InChI=1S/C41H67N3O8/c1-12-27(6)38(43(9)40(48)31(25(2)3)23-34(46)37(42-8)26(4)5)35(51-10)24-36(47)44-20-16-19-32(44)39(52-11)28(7)33(45)22-30(41(49)50)21-29-17-14-13-15-18-29/h13-15,17-18,25-28,30-32,35,37-39,42H,12,16,19-24H2,1-11H3,(H,49,50)/t27-,28-,30?,31-,32-,35+,37-,38?,39+/m0/s1. The van der Waals surface area contributed by atoms with E-state index >= 15 is 0 Å². The van der Waals surface area contributed by atoms with Crippen molar-refractivity contribution in [2.24, 2.45) is 35.5 Å². The summed E-state index contributed by atoms with van der Waals surface area (Å²) in [7, 11) is 6.61. The molecule has 2 unspecified atom stereocenters. The normalized spacial score (nSPS) is 19.4.